The average Bonchev–Trinajstić information content (AvgIpc) is 2.37. The van der Waals surface area contributed by atoms with Crippen LogP contribution in [0.5, 0.6) is 0 Å². The van der Waals surface area contributed by atoms with Crippen molar-refractivity contribution in [3.8, 4) is 0 Å². The fraction of sp³-hybridized carbons (Fsp3) is 0.533. The van der Waals surface area contributed by atoms with Gasteiger partial charge in [-0.3, -0.25) is 4.79 Å². The van der Waals surface area contributed by atoms with Crippen molar-refractivity contribution in [2.24, 2.45) is 5.73 Å². The number of fused-ring (bicyclic) bond motifs is 1. The van der Waals surface area contributed by atoms with Crippen LogP contribution in [-0.4, -0.2) is 22.9 Å². The number of carbonyl (C=O) groups excluding carboxylic acids is 1. The van der Waals surface area contributed by atoms with Gasteiger partial charge in [0, 0.05) is 17.6 Å². The van der Waals surface area contributed by atoms with E-state index in [0.29, 0.717) is 6.54 Å². The quantitative estimate of drug-likeness (QED) is 0.898. The molecule has 1 unspecified atom stereocenters. The lowest BCUT2D eigenvalue weighted by Crippen LogP contribution is -2.54. The lowest BCUT2D eigenvalue weighted by atomic mass is 9.93. The summed E-state index contributed by atoms with van der Waals surface area (Å²) in [7, 11) is 0. The fourth-order valence-electron chi connectivity index (χ4n) is 2.72. The third-order valence-electron chi connectivity index (χ3n) is 3.75. The van der Waals surface area contributed by atoms with Gasteiger partial charge in [0.25, 0.3) is 0 Å². The smallest absolute Gasteiger partial charge is 0.242 e. The molecule has 1 atom stereocenters. The Labute approximate surface area is 135 Å². The number of hydrogen-bond acceptors (Lipinski definition) is 2. The minimum atomic E-state index is -0.738. The number of amides is 1. The van der Waals surface area contributed by atoms with E-state index in [4.69, 9.17) is 5.73 Å². The maximum absolute atomic E-state index is 12.5. The minimum Gasteiger partial charge on any atom is -0.336 e. The van der Waals surface area contributed by atoms with Gasteiger partial charge in [-0.2, -0.15) is 0 Å². The molecule has 1 aromatic rings. The number of carbonyl (C=O) groups is 1. The van der Waals surface area contributed by atoms with Crippen molar-refractivity contribution in [1.29, 1.82) is 0 Å². The molecule has 2 N–H and O–H groups in total. The molecule has 0 saturated heterocycles. The van der Waals surface area contributed by atoms with Gasteiger partial charge in [-0.05, 0) is 37.0 Å². The van der Waals surface area contributed by atoms with Crippen molar-refractivity contribution in [1.82, 2.24) is 4.90 Å². The molecule has 2 rings (SSSR count). The van der Waals surface area contributed by atoms with Gasteiger partial charge in [0.15, 0.2) is 0 Å². The van der Waals surface area contributed by atoms with E-state index < -0.39 is 5.54 Å². The highest BCUT2D eigenvalue weighted by Gasteiger charge is 2.33. The fourth-order valence-corrected chi connectivity index (χ4v) is 3.33. The summed E-state index contributed by atoms with van der Waals surface area (Å²) in [6.07, 6.45) is 2.55. The summed E-state index contributed by atoms with van der Waals surface area (Å²) >= 11 is 3.58. The van der Waals surface area contributed by atoms with Crippen molar-refractivity contribution >= 4 is 34.2 Å². The Hall–Kier alpha value is -0.580. The van der Waals surface area contributed by atoms with Gasteiger partial charge in [0.05, 0.1) is 5.54 Å². The highest BCUT2D eigenvalue weighted by Crippen LogP contribution is 2.27. The molecule has 112 valence electrons. The molecule has 1 amide bonds. The van der Waals surface area contributed by atoms with E-state index in [1.807, 2.05) is 17.9 Å². The number of halogens is 2. The molecule has 1 heterocycles. The van der Waals surface area contributed by atoms with E-state index in [1.165, 1.54) is 11.1 Å². The molecule has 0 aromatic heterocycles. The minimum absolute atomic E-state index is 0. The summed E-state index contributed by atoms with van der Waals surface area (Å²) in [5, 5.41) is 0. The second-order valence-corrected chi connectivity index (χ2v) is 6.38. The molecule has 5 heteroatoms. The Morgan fingerprint density at radius 3 is 2.85 bits per heavy atom. The summed E-state index contributed by atoms with van der Waals surface area (Å²) < 4.78 is 1.14. The SMILES string of the molecule is CCCC(C)(N)C(=O)N1CCc2c(Br)cccc2C1.Cl. The molecule has 0 fully saturated rings. The first-order chi connectivity index (χ1) is 8.95. The summed E-state index contributed by atoms with van der Waals surface area (Å²) in [6, 6.07) is 6.16. The van der Waals surface area contributed by atoms with Crippen LogP contribution in [0, 0.1) is 0 Å². The Morgan fingerprint density at radius 2 is 2.20 bits per heavy atom. The van der Waals surface area contributed by atoms with Gasteiger partial charge in [-0.15, -0.1) is 12.4 Å². The highest BCUT2D eigenvalue weighted by atomic mass is 79.9. The molecule has 0 aliphatic carbocycles. The van der Waals surface area contributed by atoms with Crippen LogP contribution < -0.4 is 5.73 Å². The van der Waals surface area contributed by atoms with Gasteiger partial charge in [0.2, 0.25) is 5.91 Å². The number of nitrogens with zero attached hydrogens (tertiary/aromatic N) is 1. The average molecular weight is 362 g/mol. The zero-order valence-corrected chi connectivity index (χ0v) is 14.4. The van der Waals surface area contributed by atoms with Crippen molar-refractivity contribution in [2.75, 3.05) is 6.54 Å². The highest BCUT2D eigenvalue weighted by molar-refractivity contribution is 9.10. The van der Waals surface area contributed by atoms with Crippen LogP contribution in [0.4, 0.5) is 0 Å². The lowest BCUT2D eigenvalue weighted by molar-refractivity contribution is -0.137. The summed E-state index contributed by atoms with van der Waals surface area (Å²) in [4.78, 5) is 14.4. The van der Waals surface area contributed by atoms with Gasteiger partial charge in [-0.1, -0.05) is 41.4 Å². The number of hydrogen-bond donors (Lipinski definition) is 1. The summed E-state index contributed by atoms with van der Waals surface area (Å²) in [6.45, 7) is 5.32. The predicted molar refractivity (Wildman–Crippen MR) is 88.0 cm³/mol. The van der Waals surface area contributed by atoms with E-state index in [2.05, 4.69) is 35.0 Å². The first-order valence-electron chi connectivity index (χ1n) is 6.80. The largest absolute Gasteiger partial charge is 0.336 e. The first kappa shape index (κ1) is 17.5. The van der Waals surface area contributed by atoms with Gasteiger partial charge in [-0.25, -0.2) is 0 Å². The second-order valence-electron chi connectivity index (χ2n) is 5.52. The van der Waals surface area contributed by atoms with E-state index >= 15 is 0 Å². The molecule has 1 aliphatic rings. The molecule has 1 aromatic carbocycles. The van der Waals surface area contributed by atoms with Crippen molar-refractivity contribution in [2.45, 2.75) is 45.2 Å². The zero-order valence-electron chi connectivity index (χ0n) is 12.0. The molecule has 3 nitrogen and oxygen atoms in total. The maximum Gasteiger partial charge on any atom is 0.242 e. The van der Waals surface area contributed by atoms with Gasteiger partial charge < -0.3 is 10.6 Å². The molecule has 20 heavy (non-hydrogen) atoms. The van der Waals surface area contributed by atoms with Crippen LogP contribution in [0.2, 0.25) is 0 Å². The van der Waals surface area contributed by atoms with Crippen LogP contribution in [0.3, 0.4) is 0 Å². The van der Waals surface area contributed by atoms with Crippen molar-refractivity contribution < 1.29 is 4.79 Å². The molecule has 1 aliphatic heterocycles. The Kier molecular flexibility index (Phi) is 6.05. The number of nitrogens with two attached hydrogens (primary N) is 1. The topological polar surface area (TPSA) is 46.3 Å². The van der Waals surface area contributed by atoms with Crippen molar-refractivity contribution in [3.63, 3.8) is 0 Å². The predicted octanol–water partition coefficient (Wildman–Crippen LogP) is 3.27. The molecule has 0 spiro atoms. The number of rotatable bonds is 3. The van der Waals surface area contributed by atoms with Crippen LogP contribution in [0.25, 0.3) is 0 Å². The molecule has 0 bridgehead atoms. The maximum atomic E-state index is 12.5. The third kappa shape index (κ3) is 3.54. The Balaban J connectivity index is 0.00000200. The van der Waals surface area contributed by atoms with E-state index in [9.17, 15) is 4.79 Å². The Bertz CT molecular complexity index is 491. The van der Waals surface area contributed by atoms with Crippen LogP contribution in [0.15, 0.2) is 22.7 Å². The molecular weight excluding hydrogens is 340 g/mol. The Morgan fingerprint density at radius 1 is 1.50 bits per heavy atom. The number of benzene rings is 1. The third-order valence-corrected chi connectivity index (χ3v) is 4.50. The monoisotopic (exact) mass is 360 g/mol. The zero-order chi connectivity index (χ0) is 14.0. The van der Waals surface area contributed by atoms with Crippen molar-refractivity contribution in [3.05, 3.63) is 33.8 Å². The summed E-state index contributed by atoms with van der Waals surface area (Å²) in [5.41, 5.74) is 7.96. The normalized spacial score (nSPS) is 16.9. The lowest BCUT2D eigenvalue weighted by Gasteiger charge is -2.35. The molecule has 0 saturated carbocycles. The molecule has 0 radical (unpaired) electrons. The van der Waals surface area contributed by atoms with Gasteiger partial charge in [0.1, 0.15) is 0 Å². The first-order valence-corrected chi connectivity index (χ1v) is 7.59. The van der Waals surface area contributed by atoms with E-state index in [1.54, 1.807) is 0 Å². The van der Waals surface area contributed by atoms with Gasteiger partial charge >= 0.3 is 0 Å². The molecular formula is C15H22BrClN2O. The standard InChI is InChI=1S/C15H21BrN2O.ClH/c1-3-8-15(2,17)14(19)18-9-7-12-11(10-18)5-4-6-13(12)16;/h4-6H,3,7-10,17H2,1-2H3;1H. The second kappa shape index (κ2) is 6.92. The van der Waals surface area contributed by atoms with Crippen LogP contribution >= 0.6 is 28.3 Å². The van der Waals surface area contributed by atoms with E-state index in [0.717, 1.165) is 30.3 Å². The van der Waals surface area contributed by atoms with E-state index in [-0.39, 0.29) is 18.3 Å². The summed E-state index contributed by atoms with van der Waals surface area (Å²) in [5.74, 6) is 0.0694. The van der Waals surface area contributed by atoms with Crippen LogP contribution in [0.1, 0.15) is 37.8 Å². The van der Waals surface area contributed by atoms with Crippen LogP contribution in [-0.2, 0) is 17.8 Å².